The standard InChI is InChI=1S/C18H20N4O2/c1-12-4-5-13(10-20-12)14-8-15(18(23)19-6-7-24-3)17-16(9-14)21-11-22(17)2/h4-5,8-11H,6-7H2,1-3H3,(H,19,23). The molecule has 124 valence electrons. The van der Waals surface area contributed by atoms with Crippen molar-refractivity contribution >= 4 is 16.9 Å². The SMILES string of the molecule is COCCNC(=O)c1cc(-c2ccc(C)nc2)cc2ncn(C)c12. The van der Waals surface area contributed by atoms with Gasteiger partial charge in [-0.25, -0.2) is 4.98 Å². The Morgan fingerprint density at radius 2 is 2.08 bits per heavy atom. The maximum Gasteiger partial charge on any atom is 0.253 e. The Morgan fingerprint density at radius 3 is 2.79 bits per heavy atom. The van der Waals surface area contributed by atoms with Gasteiger partial charge in [-0.3, -0.25) is 9.78 Å². The van der Waals surface area contributed by atoms with Crippen LogP contribution in [0, 0.1) is 6.92 Å². The zero-order valence-electron chi connectivity index (χ0n) is 14.0. The molecule has 0 aliphatic rings. The van der Waals surface area contributed by atoms with E-state index >= 15 is 0 Å². The summed E-state index contributed by atoms with van der Waals surface area (Å²) in [5.74, 6) is -0.137. The molecule has 0 aliphatic carbocycles. The molecule has 24 heavy (non-hydrogen) atoms. The number of imidazole rings is 1. The topological polar surface area (TPSA) is 69.0 Å². The van der Waals surface area contributed by atoms with E-state index in [1.165, 1.54) is 0 Å². The van der Waals surface area contributed by atoms with Crippen molar-refractivity contribution in [2.24, 2.45) is 7.05 Å². The summed E-state index contributed by atoms with van der Waals surface area (Å²) < 4.78 is 6.85. The first-order valence-electron chi connectivity index (χ1n) is 7.75. The number of nitrogens with one attached hydrogen (secondary N) is 1. The highest BCUT2D eigenvalue weighted by Gasteiger charge is 2.16. The quantitative estimate of drug-likeness (QED) is 0.731. The predicted octanol–water partition coefficient (Wildman–Crippen LogP) is 2.32. The van der Waals surface area contributed by atoms with Crippen LogP contribution in [-0.4, -0.2) is 40.7 Å². The van der Waals surface area contributed by atoms with Crippen LogP contribution in [0.1, 0.15) is 16.1 Å². The average Bonchev–Trinajstić information content (AvgIpc) is 2.96. The van der Waals surface area contributed by atoms with Gasteiger partial charge >= 0.3 is 0 Å². The highest BCUT2D eigenvalue weighted by Crippen LogP contribution is 2.27. The summed E-state index contributed by atoms with van der Waals surface area (Å²) >= 11 is 0. The van der Waals surface area contributed by atoms with Gasteiger partial charge in [-0.2, -0.15) is 0 Å². The van der Waals surface area contributed by atoms with E-state index in [1.54, 1.807) is 13.4 Å². The van der Waals surface area contributed by atoms with Gasteiger partial charge in [-0.05, 0) is 30.7 Å². The number of ether oxygens (including phenoxy) is 1. The predicted molar refractivity (Wildman–Crippen MR) is 92.9 cm³/mol. The number of benzene rings is 1. The minimum absolute atomic E-state index is 0.137. The summed E-state index contributed by atoms with van der Waals surface area (Å²) in [7, 11) is 3.49. The molecular weight excluding hydrogens is 304 g/mol. The summed E-state index contributed by atoms with van der Waals surface area (Å²) in [6.07, 6.45) is 3.53. The third-order valence-electron chi connectivity index (χ3n) is 3.89. The number of rotatable bonds is 5. The molecule has 0 bridgehead atoms. The van der Waals surface area contributed by atoms with Gasteiger partial charge in [-0.15, -0.1) is 0 Å². The number of amides is 1. The van der Waals surface area contributed by atoms with E-state index in [9.17, 15) is 4.79 Å². The zero-order chi connectivity index (χ0) is 17.1. The minimum atomic E-state index is -0.137. The van der Waals surface area contributed by atoms with E-state index in [4.69, 9.17) is 4.74 Å². The van der Waals surface area contributed by atoms with Crippen molar-refractivity contribution in [1.29, 1.82) is 0 Å². The van der Waals surface area contributed by atoms with Gasteiger partial charge in [0.05, 0.1) is 29.5 Å². The summed E-state index contributed by atoms with van der Waals surface area (Å²) in [4.78, 5) is 21.3. The van der Waals surface area contributed by atoms with Gasteiger partial charge in [-0.1, -0.05) is 6.07 Å². The van der Waals surface area contributed by atoms with Gasteiger partial charge < -0.3 is 14.6 Å². The highest BCUT2D eigenvalue weighted by atomic mass is 16.5. The summed E-state index contributed by atoms with van der Waals surface area (Å²) in [5.41, 5.74) is 5.03. The number of pyridine rings is 1. The Morgan fingerprint density at radius 1 is 1.25 bits per heavy atom. The van der Waals surface area contributed by atoms with E-state index in [0.717, 1.165) is 27.9 Å². The number of aryl methyl sites for hydroxylation is 2. The molecule has 0 fully saturated rings. The lowest BCUT2D eigenvalue weighted by atomic mass is 10.0. The number of nitrogens with zero attached hydrogens (tertiary/aromatic N) is 3. The maximum atomic E-state index is 12.6. The first-order valence-corrected chi connectivity index (χ1v) is 7.75. The Hall–Kier alpha value is -2.73. The van der Waals surface area contributed by atoms with Crippen LogP contribution in [0.25, 0.3) is 22.2 Å². The molecule has 3 rings (SSSR count). The van der Waals surface area contributed by atoms with Gasteiger partial charge in [0, 0.05) is 38.2 Å². The number of carbonyl (C=O) groups excluding carboxylic acids is 1. The molecule has 0 spiro atoms. The van der Waals surface area contributed by atoms with E-state index in [1.807, 2.05) is 49.0 Å². The summed E-state index contributed by atoms with van der Waals surface area (Å²) in [6.45, 7) is 2.88. The van der Waals surface area contributed by atoms with Crippen LogP contribution < -0.4 is 5.32 Å². The number of hydrogen-bond acceptors (Lipinski definition) is 4. The molecule has 3 aromatic rings. The van der Waals surface area contributed by atoms with Crippen molar-refractivity contribution in [1.82, 2.24) is 19.9 Å². The molecular formula is C18H20N4O2. The fraction of sp³-hybridized carbons (Fsp3) is 0.278. The molecule has 2 aromatic heterocycles. The first-order chi connectivity index (χ1) is 11.6. The van der Waals surface area contributed by atoms with Crippen LogP contribution in [0.3, 0.4) is 0 Å². The number of methoxy groups -OCH3 is 1. The van der Waals surface area contributed by atoms with Gasteiger partial charge in [0.2, 0.25) is 0 Å². The summed E-state index contributed by atoms with van der Waals surface area (Å²) in [5, 5.41) is 2.88. The monoisotopic (exact) mass is 324 g/mol. The second kappa shape index (κ2) is 6.80. The lowest BCUT2D eigenvalue weighted by molar-refractivity contribution is 0.0938. The normalized spacial score (nSPS) is 11.0. The van der Waals surface area contributed by atoms with Crippen LogP contribution in [0.15, 0.2) is 36.8 Å². The Balaban J connectivity index is 2.06. The van der Waals surface area contributed by atoms with Gasteiger partial charge in [0.1, 0.15) is 0 Å². The minimum Gasteiger partial charge on any atom is -0.383 e. The van der Waals surface area contributed by atoms with Crippen LogP contribution in [0.4, 0.5) is 0 Å². The third-order valence-corrected chi connectivity index (χ3v) is 3.89. The largest absolute Gasteiger partial charge is 0.383 e. The Bertz CT molecular complexity index is 869. The highest BCUT2D eigenvalue weighted by molar-refractivity contribution is 6.06. The molecule has 0 radical (unpaired) electrons. The molecule has 0 unspecified atom stereocenters. The number of hydrogen-bond donors (Lipinski definition) is 1. The summed E-state index contributed by atoms with van der Waals surface area (Å²) in [6, 6.07) is 7.82. The van der Waals surface area contributed by atoms with Crippen LogP contribution >= 0.6 is 0 Å². The second-order valence-corrected chi connectivity index (χ2v) is 5.68. The zero-order valence-corrected chi connectivity index (χ0v) is 14.0. The smallest absolute Gasteiger partial charge is 0.253 e. The van der Waals surface area contributed by atoms with Crippen molar-refractivity contribution < 1.29 is 9.53 Å². The van der Waals surface area contributed by atoms with Crippen LogP contribution in [0.2, 0.25) is 0 Å². The van der Waals surface area contributed by atoms with E-state index in [0.29, 0.717) is 18.7 Å². The molecule has 1 amide bonds. The van der Waals surface area contributed by atoms with Crippen molar-refractivity contribution in [3.63, 3.8) is 0 Å². The average molecular weight is 324 g/mol. The maximum absolute atomic E-state index is 12.6. The first kappa shape index (κ1) is 16.1. The van der Waals surface area contributed by atoms with E-state index < -0.39 is 0 Å². The molecule has 0 atom stereocenters. The van der Waals surface area contributed by atoms with Crippen molar-refractivity contribution in [3.05, 3.63) is 48.0 Å². The van der Waals surface area contributed by atoms with Crippen molar-refractivity contribution in [2.45, 2.75) is 6.92 Å². The lowest BCUT2D eigenvalue weighted by Gasteiger charge is -2.10. The fourth-order valence-corrected chi connectivity index (χ4v) is 2.63. The number of fused-ring (bicyclic) bond motifs is 1. The molecule has 2 heterocycles. The van der Waals surface area contributed by atoms with Crippen LogP contribution in [0.5, 0.6) is 0 Å². The van der Waals surface area contributed by atoms with Gasteiger partial charge in [0.15, 0.2) is 0 Å². The van der Waals surface area contributed by atoms with E-state index in [2.05, 4.69) is 15.3 Å². The van der Waals surface area contributed by atoms with Crippen molar-refractivity contribution in [3.8, 4) is 11.1 Å². The fourth-order valence-electron chi connectivity index (χ4n) is 2.63. The Labute approximate surface area is 140 Å². The van der Waals surface area contributed by atoms with Crippen molar-refractivity contribution in [2.75, 3.05) is 20.3 Å². The Kier molecular flexibility index (Phi) is 4.57. The second-order valence-electron chi connectivity index (χ2n) is 5.68. The van der Waals surface area contributed by atoms with Gasteiger partial charge in [0.25, 0.3) is 5.91 Å². The molecule has 0 saturated carbocycles. The molecule has 1 aromatic carbocycles. The molecule has 0 saturated heterocycles. The molecule has 1 N–H and O–H groups in total. The van der Waals surface area contributed by atoms with E-state index in [-0.39, 0.29) is 5.91 Å². The van der Waals surface area contributed by atoms with Crippen LogP contribution in [-0.2, 0) is 11.8 Å². The number of aromatic nitrogens is 3. The molecule has 6 heteroatoms. The number of carbonyl (C=O) groups is 1. The lowest BCUT2D eigenvalue weighted by Crippen LogP contribution is -2.27. The molecule has 6 nitrogen and oxygen atoms in total. The molecule has 0 aliphatic heterocycles. The third kappa shape index (κ3) is 3.14.